The van der Waals surface area contributed by atoms with Crippen molar-refractivity contribution in [2.24, 2.45) is 52.1 Å². The fourth-order valence-electron chi connectivity index (χ4n) is 10.3. The first kappa shape index (κ1) is 34.1. The third-order valence-corrected chi connectivity index (χ3v) is 12.7. The molecular formula is C34H64N4O4. The maximum absolute atomic E-state index is 12.6. The number of fused-ring (bicyclic) bond motifs is 5. The minimum atomic E-state index is -0.738. The molecule has 4 aliphatic rings. The highest BCUT2D eigenvalue weighted by atomic mass is 16.3. The first-order chi connectivity index (χ1) is 20.1. The summed E-state index contributed by atoms with van der Waals surface area (Å²) in [5, 5.41) is 43.1. The molecule has 1 amide bonds. The maximum Gasteiger partial charge on any atom is 0.220 e. The van der Waals surface area contributed by atoms with Crippen LogP contribution in [-0.2, 0) is 4.79 Å². The Morgan fingerprint density at radius 3 is 2.17 bits per heavy atom. The van der Waals surface area contributed by atoms with Crippen molar-refractivity contribution < 1.29 is 20.1 Å². The second kappa shape index (κ2) is 15.5. The van der Waals surface area contributed by atoms with Gasteiger partial charge < -0.3 is 37.0 Å². The summed E-state index contributed by atoms with van der Waals surface area (Å²) in [4.78, 5) is 12.6. The Hall–Kier alpha value is -0.770. The van der Waals surface area contributed by atoms with Crippen LogP contribution in [0.2, 0.25) is 0 Å². The Bertz CT molecular complexity index is 846. The van der Waals surface area contributed by atoms with E-state index in [1.165, 1.54) is 12.8 Å². The zero-order valence-corrected chi connectivity index (χ0v) is 27.0. The molecule has 4 saturated carbocycles. The van der Waals surface area contributed by atoms with Gasteiger partial charge in [0.05, 0.1) is 18.3 Å². The molecule has 0 unspecified atom stereocenters. The van der Waals surface area contributed by atoms with Gasteiger partial charge in [0.2, 0.25) is 5.91 Å². The van der Waals surface area contributed by atoms with Crippen molar-refractivity contribution in [1.29, 1.82) is 0 Å². The summed E-state index contributed by atoms with van der Waals surface area (Å²) in [7, 11) is 0. The minimum absolute atomic E-state index is 0.00303. The molecule has 4 rings (SSSR count). The molecule has 0 saturated heterocycles. The van der Waals surface area contributed by atoms with Crippen LogP contribution in [0.15, 0.2) is 0 Å². The molecule has 0 heterocycles. The second-order valence-electron chi connectivity index (χ2n) is 15.1. The highest BCUT2D eigenvalue weighted by molar-refractivity contribution is 5.75. The molecule has 8 heteroatoms. The van der Waals surface area contributed by atoms with Crippen LogP contribution < -0.4 is 21.7 Å². The molecule has 11 atom stereocenters. The van der Waals surface area contributed by atoms with Crippen molar-refractivity contribution >= 4 is 5.91 Å². The highest BCUT2D eigenvalue weighted by Crippen LogP contribution is 2.68. The number of rotatable bonds is 16. The largest absolute Gasteiger partial charge is 0.393 e. The van der Waals surface area contributed by atoms with Crippen LogP contribution in [0.3, 0.4) is 0 Å². The van der Waals surface area contributed by atoms with Crippen LogP contribution in [0.4, 0.5) is 0 Å². The van der Waals surface area contributed by atoms with Gasteiger partial charge in [0, 0.05) is 13.0 Å². The standard InChI is InChI=1S/C34H64N4O4/c1-23(8-11-29(40)38-21-7-20-37-18-5-4-17-36-19-6-16-35)25-9-10-26-30-27(13-15-33(25,26)2)34(3)14-12-24(39)22-28(34)31(41)32(30)42/h23-28,30-32,36-37,39,41-42H,4-22,35H2,1-3H3,(H,38,40)/t23-,24-,25-,26+,27+,28+,30+,31+,32+,33-,34-/m0/s1. The molecule has 0 aromatic rings. The van der Waals surface area contributed by atoms with E-state index in [9.17, 15) is 20.1 Å². The second-order valence-corrected chi connectivity index (χ2v) is 15.1. The number of hydrogen-bond acceptors (Lipinski definition) is 7. The molecule has 8 nitrogen and oxygen atoms in total. The van der Waals surface area contributed by atoms with Gasteiger partial charge in [-0.3, -0.25) is 4.79 Å². The third kappa shape index (κ3) is 7.54. The number of unbranched alkanes of at least 4 members (excludes halogenated alkanes) is 1. The first-order valence-electron chi connectivity index (χ1n) is 17.6. The van der Waals surface area contributed by atoms with E-state index in [-0.39, 0.29) is 34.7 Å². The van der Waals surface area contributed by atoms with Gasteiger partial charge in [-0.2, -0.15) is 0 Å². The molecule has 42 heavy (non-hydrogen) atoms. The summed E-state index contributed by atoms with van der Waals surface area (Å²) in [6.45, 7) is 12.6. The first-order valence-corrected chi connectivity index (χ1v) is 17.6. The molecule has 0 radical (unpaired) electrons. The lowest BCUT2D eigenvalue weighted by atomic mass is 9.43. The van der Waals surface area contributed by atoms with Crippen molar-refractivity contribution in [3.63, 3.8) is 0 Å². The van der Waals surface area contributed by atoms with Gasteiger partial charge in [0.15, 0.2) is 0 Å². The third-order valence-electron chi connectivity index (χ3n) is 12.7. The van der Waals surface area contributed by atoms with E-state index < -0.39 is 12.2 Å². The summed E-state index contributed by atoms with van der Waals surface area (Å²) in [6.07, 6.45) is 11.0. The summed E-state index contributed by atoms with van der Waals surface area (Å²) in [6, 6.07) is 0. The average Bonchev–Trinajstić information content (AvgIpc) is 3.33. The zero-order chi connectivity index (χ0) is 30.3. The van der Waals surface area contributed by atoms with Crippen LogP contribution in [-0.4, -0.2) is 78.8 Å². The van der Waals surface area contributed by atoms with Gasteiger partial charge in [-0.1, -0.05) is 20.8 Å². The summed E-state index contributed by atoms with van der Waals surface area (Å²) in [5.74, 6) is 2.16. The van der Waals surface area contributed by atoms with Crippen LogP contribution in [0.25, 0.3) is 0 Å². The van der Waals surface area contributed by atoms with Crippen molar-refractivity contribution in [1.82, 2.24) is 16.0 Å². The van der Waals surface area contributed by atoms with E-state index in [2.05, 4.69) is 36.7 Å². The number of amides is 1. The van der Waals surface area contributed by atoms with Crippen molar-refractivity contribution in [3.05, 3.63) is 0 Å². The number of carbonyl (C=O) groups excluding carboxylic acids is 1. The van der Waals surface area contributed by atoms with E-state index in [1.807, 2.05) is 0 Å². The number of aliphatic hydroxyl groups is 3. The van der Waals surface area contributed by atoms with Gasteiger partial charge in [0.25, 0.3) is 0 Å². The van der Waals surface area contributed by atoms with Crippen LogP contribution in [0.1, 0.15) is 104 Å². The lowest BCUT2D eigenvalue weighted by Crippen LogP contribution is -2.64. The SMILES string of the molecule is C[C@@H](CCC(=O)NCCCNCCCCNCCCN)[C@@H]1CC[C@@H]2[C@H]3[C@@H](O)[C@H](O)[C@H]4C[C@@H](O)CC[C@@]4(C)[C@@H]3CC[C@]21C. The molecule has 0 aromatic carbocycles. The van der Waals surface area contributed by atoms with Gasteiger partial charge in [0.1, 0.15) is 0 Å². The molecule has 4 aliphatic carbocycles. The number of carbonyl (C=O) groups is 1. The number of nitrogens with one attached hydrogen (secondary N) is 3. The molecule has 0 bridgehead atoms. The monoisotopic (exact) mass is 592 g/mol. The predicted molar refractivity (Wildman–Crippen MR) is 169 cm³/mol. The highest BCUT2D eigenvalue weighted by Gasteiger charge is 2.65. The van der Waals surface area contributed by atoms with Crippen LogP contribution >= 0.6 is 0 Å². The van der Waals surface area contributed by atoms with E-state index in [4.69, 9.17) is 5.73 Å². The fourth-order valence-corrected chi connectivity index (χ4v) is 10.3. The lowest BCUT2D eigenvalue weighted by Gasteiger charge is -2.63. The van der Waals surface area contributed by atoms with Gasteiger partial charge >= 0.3 is 0 Å². The van der Waals surface area contributed by atoms with Crippen molar-refractivity contribution in [3.8, 4) is 0 Å². The normalized spacial score (nSPS) is 40.2. The lowest BCUT2D eigenvalue weighted by molar-refractivity contribution is -0.223. The van der Waals surface area contributed by atoms with E-state index >= 15 is 0 Å². The molecular weight excluding hydrogens is 528 g/mol. The number of aliphatic hydroxyl groups excluding tert-OH is 3. The molecule has 8 N–H and O–H groups in total. The fraction of sp³-hybridized carbons (Fsp3) is 0.971. The van der Waals surface area contributed by atoms with Crippen LogP contribution in [0.5, 0.6) is 0 Å². The Labute approximate surface area is 255 Å². The smallest absolute Gasteiger partial charge is 0.220 e. The van der Waals surface area contributed by atoms with E-state index in [1.54, 1.807) is 0 Å². The Balaban J connectivity index is 1.17. The molecule has 0 aromatic heterocycles. The van der Waals surface area contributed by atoms with Gasteiger partial charge in [-0.25, -0.2) is 0 Å². The topological polar surface area (TPSA) is 140 Å². The Kier molecular flexibility index (Phi) is 12.6. The van der Waals surface area contributed by atoms with Gasteiger partial charge in [-0.15, -0.1) is 0 Å². The average molecular weight is 593 g/mol. The van der Waals surface area contributed by atoms with Gasteiger partial charge in [-0.05, 0) is 156 Å². The quantitative estimate of drug-likeness (QED) is 0.137. The molecule has 0 aliphatic heterocycles. The van der Waals surface area contributed by atoms with Crippen molar-refractivity contribution in [2.75, 3.05) is 39.3 Å². The molecule has 4 fully saturated rings. The molecule has 244 valence electrons. The zero-order valence-electron chi connectivity index (χ0n) is 27.0. The summed E-state index contributed by atoms with van der Waals surface area (Å²) in [5.41, 5.74) is 5.66. The van der Waals surface area contributed by atoms with E-state index in [0.29, 0.717) is 36.5 Å². The Morgan fingerprint density at radius 1 is 0.810 bits per heavy atom. The maximum atomic E-state index is 12.6. The Morgan fingerprint density at radius 2 is 1.45 bits per heavy atom. The van der Waals surface area contributed by atoms with Crippen molar-refractivity contribution in [2.45, 2.75) is 123 Å². The molecule has 0 spiro atoms. The number of hydrogen-bond donors (Lipinski definition) is 7. The predicted octanol–water partition coefficient (Wildman–Crippen LogP) is 3.18. The minimum Gasteiger partial charge on any atom is -0.393 e. The number of nitrogens with two attached hydrogens (primary N) is 1. The van der Waals surface area contributed by atoms with E-state index in [0.717, 1.165) is 97.1 Å². The van der Waals surface area contributed by atoms with Crippen LogP contribution in [0, 0.1) is 46.3 Å². The summed E-state index contributed by atoms with van der Waals surface area (Å²) < 4.78 is 0. The summed E-state index contributed by atoms with van der Waals surface area (Å²) >= 11 is 0.